The maximum Gasteiger partial charge on any atom is 0.225 e. The quantitative estimate of drug-likeness (QED) is 0.875. The molecule has 134 valence electrons. The van der Waals surface area contributed by atoms with Gasteiger partial charge in [0, 0.05) is 55.2 Å². The van der Waals surface area contributed by atoms with E-state index in [1.54, 1.807) is 0 Å². The second-order valence-corrected chi connectivity index (χ2v) is 7.36. The van der Waals surface area contributed by atoms with Crippen molar-refractivity contribution in [2.75, 3.05) is 18.0 Å². The van der Waals surface area contributed by atoms with Crippen LogP contribution in [0, 0.1) is 0 Å². The van der Waals surface area contributed by atoms with E-state index in [0.29, 0.717) is 12.0 Å². The molecule has 0 aromatic carbocycles. The van der Waals surface area contributed by atoms with Crippen molar-refractivity contribution in [3.63, 3.8) is 0 Å². The average Bonchev–Trinajstić information content (AvgIpc) is 3.17. The second kappa shape index (κ2) is 7.95. The van der Waals surface area contributed by atoms with Gasteiger partial charge in [-0.05, 0) is 31.7 Å². The van der Waals surface area contributed by atoms with E-state index in [9.17, 15) is 0 Å². The predicted molar refractivity (Wildman–Crippen MR) is 98.5 cm³/mol. The van der Waals surface area contributed by atoms with Crippen molar-refractivity contribution >= 4 is 5.95 Å². The molecule has 4 rings (SSSR count). The van der Waals surface area contributed by atoms with Gasteiger partial charge < -0.3 is 10.2 Å². The van der Waals surface area contributed by atoms with E-state index in [1.807, 2.05) is 24.7 Å². The molecule has 0 radical (unpaired) electrons. The second-order valence-electron chi connectivity index (χ2n) is 7.36. The van der Waals surface area contributed by atoms with E-state index in [2.05, 4.69) is 30.4 Å². The molecule has 3 heterocycles. The van der Waals surface area contributed by atoms with Crippen molar-refractivity contribution in [3.8, 4) is 0 Å². The highest BCUT2D eigenvalue weighted by Crippen LogP contribution is 2.33. The molecule has 2 fully saturated rings. The van der Waals surface area contributed by atoms with Crippen LogP contribution < -0.4 is 10.2 Å². The SMILES string of the molecule is c1cnc(N2CCCC(NCc3cn[nH]c3C3CCCCC3)C2)nc1. The fourth-order valence-electron chi connectivity index (χ4n) is 4.24. The highest BCUT2D eigenvalue weighted by molar-refractivity contribution is 5.29. The molecule has 1 aliphatic heterocycles. The molecule has 2 aromatic rings. The Hall–Kier alpha value is -1.95. The molecule has 1 aliphatic carbocycles. The van der Waals surface area contributed by atoms with E-state index in [1.165, 1.54) is 56.2 Å². The van der Waals surface area contributed by atoms with Gasteiger partial charge in [0.15, 0.2) is 0 Å². The highest BCUT2D eigenvalue weighted by Gasteiger charge is 2.23. The lowest BCUT2D eigenvalue weighted by atomic mass is 9.85. The van der Waals surface area contributed by atoms with Crippen LogP contribution in [0.25, 0.3) is 0 Å². The van der Waals surface area contributed by atoms with Crippen molar-refractivity contribution in [3.05, 3.63) is 35.9 Å². The molecule has 0 spiro atoms. The van der Waals surface area contributed by atoms with Gasteiger partial charge in [-0.1, -0.05) is 19.3 Å². The van der Waals surface area contributed by atoms with Crippen LogP contribution in [0.2, 0.25) is 0 Å². The summed E-state index contributed by atoms with van der Waals surface area (Å²) >= 11 is 0. The summed E-state index contributed by atoms with van der Waals surface area (Å²) in [5, 5.41) is 11.4. The molecule has 2 aromatic heterocycles. The highest BCUT2D eigenvalue weighted by atomic mass is 15.3. The maximum atomic E-state index is 4.39. The molecule has 2 aliphatic rings. The van der Waals surface area contributed by atoms with Crippen molar-refractivity contribution < 1.29 is 0 Å². The zero-order valence-corrected chi connectivity index (χ0v) is 14.8. The molecule has 1 saturated heterocycles. The Balaban J connectivity index is 1.35. The fraction of sp³-hybridized carbons (Fsp3) is 0.632. The van der Waals surface area contributed by atoms with E-state index < -0.39 is 0 Å². The summed E-state index contributed by atoms with van der Waals surface area (Å²) < 4.78 is 0. The molecule has 2 N–H and O–H groups in total. The Labute approximate surface area is 149 Å². The van der Waals surface area contributed by atoms with Crippen molar-refractivity contribution in [1.29, 1.82) is 0 Å². The Bertz CT molecular complexity index is 649. The lowest BCUT2D eigenvalue weighted by Crippen LogP contribution is -2.46. The average molecular weight is 340 g/mol. The van der Waals surface area contributed by atoms with Crippen molar-refractivity contribution in [1.82, 2.24) is 25.5 Å². The third-order valence-electron chi connectivity index (χ3n) is 5.60. The third kappa shape index (κ3) is 4.00. The number of nitrogens with one attached hydrogen (secondary N) is 2. The number of H-pyrrole nitrogens is 1. The molecule has 0 amide bonds. The molecule has 0 bridgehead atoms. The van der Waals surface area contributed by atoms with Crippen LogP contribution >= 0.6 is 0 Å². The van der Waals surface area contributed by atoms with Crippen molar-refractivity contribution in [2.45, 2.75) is 63.5 Å². The number of nitrogens with zero attached hydrogens (tertiary/aromatic N) is 4. The van der Waals surface area contributed by atoms with Gasteiger partial charge in [-0.2, -0.15) is 5.10 Å². The Kier molecular flexibility index (Phi) is 5.25. The first-order valence-corrected chi connectivity index (χ1v) is 9.67. The van der Waals surface area contributed by atoms with Gasteiger partial charge in [0.05, 0.1) is 6.20 Å². The topological polar surface area (TPSA) is 69.7 Å². The zero-order valence-electron chi connectivity index (χ0n) is 14.8. The fourth-order valence-corrected chi connectivity index (χ4v) is 4.24. The molecule has 6 nitrogen and oxygen atoms in total. The molecule has 1 saturated carbocycles. The van der Waals surface area contributed by atoms with Gasteiger partial charge in [-0.15, -0.1) is 0 Å². The van der Waals surface area contributed by atoms with Crippen molar-refractivity contribution in [2.24, 2.45) is 0 Å². The first-order valence-electron chi connectivity index (χ1n) is 9.67. The molecule has 1 atom stereocenters. The first-order chi connectivity index (χ1) is 12.4. The first kappa shape index (κ1) is 16.5. The molecule has 1 unspecified atom stereocenters. The van der Waals surface area contributed by atoms with Gasteiger partial charge >= 0.3 is 0 Å². The number of aromatic amines is 1. The summed E-state index contributed by atoms with van der Waals surface area (Å²) in [7, 11) is 0. The lowest BCUT2D eigenvalue weighted by molar-refractivity contribution is 0.411. The Morgan fingerprint density at radius 1 is 1.08 bits per heavy atom. The van der Waals surface area contributed by atoms with Gasteiger partial charge in [-0.3, -0.25) is 5.10 Å². The minimum Gasteiger partial charge on any atom is -0.339 e. The molecular formula is C19H28N6. The minimum absolute atomic E-state index is 0.478. The number of hydrogen-bond donors (Lipinski definition) is 2. The standard InChI is InChI=1S/C19H28N6/c1-2-6-15(7-3-1)18-16(13-23-24-18)12-22-17-8-4-11-25(14-17)19-20-9-5-10-21-19/h5,9-10,13,15,17,22H,1-4,6-8,11-12,14H2,(H,23,24). The van der Waals surface area contributed by atoms with Gasteiger partial charge in [-0.25, -0.2) is 9.97 Å². The number of hydrogen-bond acceptors (Lipinski definition) is 5. The minimum atomic E-state index is 0.478. The Morgan fingerprint density at radius 3 is 2.76 bits per heavy atom. The summed E-state index contributed by atoms with van der Waals surface area (Å²) in [6, 6.07) is 2.35. The number of aromatic nitrogens is 4. The monoisotopic (exact) mass is 340 g/mol. The number of piperidine rings is 1. The van der Waals surface area contributed by atoms with Crippen LogP contribution in [0.15, 0.2) is 24.7 Å². The van der Waals surface area contributed by atoms with Crippen LogP contribution in [0.3, 0.4) is 0 Å². The molecule has 25 heavy (non-hydrogen) atoms. The smallest absolute Gasteiger partial charge is 0.225 e. The van der Waals surface area contributed by atoms with Crippen LogP contribution in [0.5, 0.6) is 0 Å². The van der Waals surface area contributed by atoms with E-state index >= 15 is 0 Å². The lowest BCUT2D eigenvalue weighted by Gasteiger charge is -2.33. The normalized spacial score (nSPS) is 22.2. The van der Waals surface area contributed by atoms with E-state index in [4.69, 9.17) is 0 Å². The largest absolute Gasteiger partial charge is 0.339 e. The predicted octanol–water partition coefficient (Wildman–Crippen LogP) is 3.01. The Morgan fingerprint density at radius 2 is 1.92 bits per heavy atom. The van der Waals surface area contributed by atoms with Crippen LogP contribution in [-0.4, -0.2) is 39.3 Å². The maximum absolute atomic E-state index is 4.39. The number of anilines is 1. The summed E-state index contributed by atoms with van der Waals surface area (Å²) in [6.45, 7) is 2.92. The van der Waals surface area contributed by atoms with Gasteiger partial charge in [0.1, 0.15) is 0 Å². The summed E-state index contributed by atoms with van der Waals surface area (Å²) in [6.07, 6.45) is 14.7. The number of rotatable bonds is 5. The van der Waals surface area contributed by atoms with E-state index in [0.717, 1.165) is 25.6 Å². The van der Waals surface area contributed by atoms with E-state index in [-0.39, 0.29) is 0 Å². The van der Waals surface area contributed by atoms with Gasteiger partial charge in [0.25, 0.3) is 0 Å². The summed E-state index contributed by atoms with van der Waals surface area (Å²) in [5.74, 6) is 1.52. The zero-order chi connectivity index (χ0) is 16.9. The van der Waals surface area contributed by atoms with Crippen LogP contribution in [-0.2, 0) is 6.54 Å². The van der Waals surface area contributed by atoms with Crippen LogP contribution in [0.1, 0.15) is 62.1 Å². The molecular weight excluding hydrogens is 312 g/mol. The summed E-state index contributed by atoms with van der Waals surface area (Å²) in [5.41, 5.74) is 2.71. The summed E-state index contributed by atoms with van der Waals surface area (Å²) in [4.78, 5) is 11.1. The van der Waals surface area contributed by atoms with Crippen LogP contribution in [0.4, 0.5) is 5.95 Å². The van der Waals surface area contributed by atoms with Gasteiger partial charge in [0.2, 0.25) is 5.95 Å². The third-order valence-corrected chi connectivity index (χ3v) is 5.60. The molecule has 6 heteroatoms.